The lowest BCUT2D eigenvalue weighted by Crippen LogP contribution is -2.54. The van der Waals surface area contributed by atoms with Gasteiger partial charge in [0.1, 0.15) is 17.8 Å². The predicted molar refractivity (Wildman–Crippen MR) is 131 cm³/mol. The molecule has 0 unspecified atom stereocenters. The molecule has 2 saturated heterocycles. The van der Waals surface area contributed by atoms with Gasteiger partial charge in [-0.2, -0.15) is 0 Å². The molecule has 1 spiro atoms. The molecule has 1 aromatic rings. The van der Waals surface area contributed by atoms with Gasteiger partial charge in [-0.25, -0.2) is 4.79 Å². The Morgan fingerprint density at radius 1 is 1.20 bits per heavy atom. The van der Waals surface area contributed by atoms with E-state index in [4.69, 9.17) is 9.47 Å². The van der Waals surface area contributed by atoms with Crippen LogP contribution in [0.5, 0.6) is 5.75 Å². The summed E-state index contributed by atoms with van der Waals surface area (Å²) in [5.74, 6) is 0.458. The number of amides is 4. The standard InChI is InChI=1S/C26H38N4O5/c1-18-13-25(2,3)17-26(14-18)23(32)30(24(33)28-26)16-22(31)27-15-21(29-9-11-35-12-10-29)19-5-7-20(34-4)8-6-19/h5-8,18,21H,9-17H2,1-4H3,(H,27,31)(H,28,33)/t18-,21+,26+/m1/s1. The highest BCUT2D eigenvalue weighted by molar-refractivity contribution is 6.09. The third kappa shape index (κ3) is 5.62. The smallest absolute Gasteiger partial charge is 0.325 e. The molecule has 0 aromatic heterocycles. The van der Waals surface area contributed by atoms with Gasteiger partial charge in [0.2, 0.25) is 5.91 Å². The maximum absolute atomic E-state index is 13.4. The van der Waals surface area contributed by atoms with Crippen LogP contribution in [0.25, 0.3) is 0 Å². The van der Waals surface area contributed by atoms with Crippen molar-refractivity contribution in [3.8, 4) is 5.75 Å². The van der Waals surface area contributed by atoms with Crippen molar-refractivity contribution in [3.05, 3.63) is 29.8 Å². The number of nitrogens with one attached hydrogen (secondary N) is 2. The molecular weight excluding hydrogens is 448 g/mol. The number of imide groups is 1. The molecule has 0 bridgehead atoms. The predicted octanol–water partition coefficient (Wildman–Crippen LogP) is 2.32. The summed E-state index contributed by atoms with van der Waals surface area (Å²) in [5.41, 5.74) is 0.0981. The third-order valence-electron chi connectivity index (χ3n) is 7.41. The lowest BCUT2D eigenvalue weighted by Gasteiger charge is -2.43. The number of hydrogen-bond acceptors (Lipinski definition) is 6. The Bertz CT molecular complexity index is 944. The minimum absolute atomic E-state index is 0.0526. The first-order valence-electron chi connectivity index (χ1n) is 12.5. The van der Waals surface area contributed by atoms with Crippen molar-refractivity contribution in [2.75, 3.05) is 46.5 Å². The number of carbonyl (C=O) groups excluding carboxylic acids is 3. The maximum Gasteiger partial charge on any atom is 0.325 e. The van der Waals surface area contributed by atoms with Crippen molar-refractivity contribution in [3.63, 3.8) is 0 Å². The van der Waals surface area contributed by atoms with E-state index in [9.17, 15) is 14.4 Å². The molecule has 2 heterocycles. The molecule has 4 rings (SSSR count). The molecule has 3 aliphatic rings. The van der Waals surface area contributed by atoms with Crippen molar-refractivity contribution in [2.24, 2.45) is 11.3 Å². The van der Waals surface area contributed by atoms with Gasteiger partial charge in [-0.3, -0.25) is 19.4 Å². The Balaban J connectivity index is 1.41. The summed E-state index contributed by atoms with van der Waals surface area (Å²) in [7, 11) is 1.63. The van der Waals surface area contributed by atoms with E-state index in [2.05, 4.69) is 36.3 Å². The van der Waals surface area contributed by atoms with Crippen LogP contribution in [0.15, 0.2) is 24.3 Å². The van der Waals surface area contributed by atoms with E-state index >= 15 is 0 Å². The Morgan fingerprint density at radius 2 is 1.89 bits per heavy atom. The van der Waals surface area contributed by atoms with E-state index in [-0.39, 0.29) is 29.8 Å². The summed E-state index contributed by atoms with van der Waals surface area (Å²) in [4.78, 5) is 42.4. The van der Waals surface area contributed by atoms with Crippen LogP contribution in [-0.4, -0.2) is 79.7 Å². The number of urea groups is 1. The molecule has 2 N–H and O–H groups in total. The topological polar surface area (TPSA) is 100 Å². The minimum atomic E-state index is -0.905. The number of rotatable bonds is 7. The van der Waals surface area contributed by atoms with Crippen LogP contribution in [0.1, 0.15) is 51.6 Å². The minimum Gasteiger partial charge on any atom is -0.497 e. The van der Waals surface area contributed by atoms with Gasteiger partial charge in [-0.05, 0) is 48.3 Å². The summed E-state index contributed by atoms with van der Waals surface area (Å²) < 4.78 is 10.8. The van der Waals surface area contributed by atoms with Crippen molar-refractivity contribution < 1.29 is 23.9 Å². The molecule has 3 atom stereocenters. The van der Waals surface area contributed by atoms with E-state index in [1.54, 1.807) is 7.11 Å². The van der Waals surface area contributed by atoms with Gasteiger partial charge in [0.25, 0.3) is 5.91 Å². The van der Waals surface area contributed by atoms with E-state index < -0.39 is 11.6 Å². The Hall–Kier alpha value is -2.65. The molecule has 1 aromatic carbocycles. The lowest BCUT2D eigenvalue weighted by atomic mass is 9.64. The summed E-state index contributed by atoms with van der Waals surface area (Å²) >= 11 is 0. The van der Waals surface area contributed by atoms with Gasteiger partial charge in [0.05, 0.1) is 26.4 Å². The quantitative estimate of drug-likeness (QED) is 0.574. The molecule has 35 heavy (non-hydrogen) atoms. The first-order valence-corrected chi connectivity index (χ1v) is 12.5. The molecule has 9 heteroatoms. The second-order valence-corrected chi connectivity index (χ2v) is 11.0. The second kappa shape index (κ2) is 10.1. The Labute approximate surface area is 207 Å². The van der Waals surface area contributed by atoms with Crippen LogP contribution in [0.4, 0.5) is 4.79 Å². The zero-order chi connectivity index (χ0) is 25.2. The van der Waals surface area contributed by atoms with Crippen molar-refractivity contribution in [1.82, 2.24) is 20.4 Å². The van der Waals surface area contributed by atoms with Gasteiger partial charge in [-0.15, -0.1) is 0 Å². The Kier molecular flexibility index (Phi) is 7.38. The zero-order valence-corrected chi connectivity index (χ0v) is 21.3. The summed E-state index contributed by atoms with van der Waals surface area (Å²) in [6.45, 7) is 9.26. The first kappa shape index (κ1) is 25.4. The molecule has 9 nitrogen and oxygen atoms in total. The van der Waals surface area contributed by atoms with Gasteiger partial charge < -0.3 is 20.1 Å². The van der Waals surface area contributed by atoms with Crippen LogP contribution >= 0.6 is 0 Å². The molecule has 2 aliphatic heterocycles. The highest BCUT2D eigenvalue weighted by Crippen LogP contribution is 2.46. The number of hydrogen-bond donors (Lipinski definition) is 2. The monoisotopic (exact) mass is 486 g/mol. The fourth-order valence-electron chi connectivity index (χ4n) is 6.23. The SMILES string of the molecule is COc1ccc([C@H](CNC(=O)CN2C(=O)N[C@]3(C[C@H](C)CC(C)(C)C3)C2=O)N2CCOCC2)cc1. The van der Waals surface area contributed by atoms with Crippen LogP contribution in [0.3, 0.4) is 0 Å². The molecule has 192 valence electrons. The van der Waals surface area contributed by atoms with Crippen LogP contribution in [0, 0.1) is 11.3 Å². The summed E-state index contributed by atoms with van der Waals surface area (Å²) in [6, 6.07) is 7.28. The number of ether oxygens (including phenoxy) is 2. The fraction of sp³-hybridized carbons (Fsp3) is 0.654. The molecule has 3 fully saturated rings. The van der Waals surface area contributed by atoms with Crippen LogP contribution < -0.4 is 15.4 Å². The van der Waals surface area contributed by atoms with Crippen molar-refractivity contribution in [2.45, 2.75) is 51.6 Å². The van der Waals surface area contributed by atoms with E-state index in [1.807, 2.05) is 24.3 Å². The number of methoxy groups -OCH3 is 1. The summed E-state index contributed by atoms with van der Waals surface area (Å²) in [5, 5.41) is 5.90. The van der Waals surface area contributed by atoms with Gasteiger partial charge in [0, 0.05) is 19.6 Å². The summed E-state index contributed by atoms with van der Waals surface area (Å²) in [6.07, 6.45) is 2.20. The fourth-order valence-corrected chi connectivity index (χ4v) is 6.23. The highest BCUT2D eigenvalue weighted by Gasteiger charge is 2.56. The molecule has 4 amide bonds. The van der Waals surface area contributed by atoms with Crippen LogP contribution in [-0.2, 0) is 14.3 Å². The molecule has 0 radical (unpaired) electrons. The molecular formula is C26H38N4O5. The Morgan fingerprint density at radius 3 is 2.51 bits per heavy atom. The third-order valence-corrected chi connectivity index (χ3v) is 7.41. The lowest BCUT2D eigenvalue weighted by molar-refractivity contribution is -0.137. The second-order valence-electron chi connectivity index (χ2n) is 11.0. The van der Waals surface area contributed by atoms with E-state index in [1.165, 1.54) is 0 Å². The number of benzene rings is 1. The van der Waals surface area contributed by atoms with Gasteiger partial charge in [0.15, 0.2) is 0 Å². The number of nitrogens with zero attached hydrogens (tertiary/aromatic N) is 2. The highest BCUT2D eigenvalue weighted by atomic mass is 16.5. The largest absolute Gasteiger partial charge is 0.497 e. The van der Waals surface area contributed by atoms with Crippen LogP contribution in [0.2, 0.25) is 0 Å². The van der Waals surface area contributed by atoms with Gasteiger partial charge >= 0.3 is 6.03 Å². The average molecular weight is 487 g/mol. The normalized spacial score (nSPS) is 27.5. The average Bonchev–Trinajstić information content (AvgIpc) is 3.02. The zero-order valence-electron chi connectivity index (χ0n) is 21.3. The van der Waals surface area contributed by atoms with E-state index in [0.29, 0.717) is 38.5 Å². The van der Waals surface area contributed by atoms with Crippen molar-refractivity contribution >= 4 is 17.8 Å². The first-order chi connectivity index (χ1) is 16.6. The number of morpholine rings is 1. The van der Waals surface area contributed by atoms with Gasteiger partial charge in [-0.1, -0.05) is 32.9 Å². The maximum atomic E-state index is 13.4. The molecule has 1 saturated carbocycles. The van der Waals surface area contributed by atoms with Crippen molar-refractivity contribution in [1.29, 1.82) is 0 Å². The number of carbonyl (C=O) groups is 3. The van der Waals surface area contributed by atoms with E-state index in [0.717, 1.165) is 35.7 Å². The molecule has 1 aliphatic carbocycles.